The summed E-state index contributed by atoms with van der Waals surface area (Å²) < 4.78 is 28.0. The first-order valence-electron chi connectivity index (χ1n) is 13.2. The maximum atomic E-state index is 12.6. The molecule has 0 aliphatic carbocycles. The molecule has 0 saturated carbocycles. The van der Waals surface area contributed by atoms with Gasteiger partial charge in [0.25, 0.3) is 0 Å². The highest BCUT2D eigenvalue weighted by molar-refractivity contribution is 9.09. The highest BCUT2D eigenvalue weighted by Gasteiger charge is 2.49. The molecule has 0 bridgehead atoms. The molecule has 4 atom stereocenters. The fraction of sp³-hybridized carbons (Fsp3) is 0.840. The van der Waals surface area contributed by atoms with Crippen molar-refractivity contribution in [1.82, 2.24) is 0 Å². The first kappa shape index (κ1) is 33.5. The molecule has 0 aromatic rings. The molecule has 12 heteroatoms. The molecule has 9 nitrogen and oxygen atoms in total. The van der Waals surface area contributed by atoms with Gasteiger partial charge < -0.3 is 23.7 Å². The van der Waals surface area contributed by atoms with Crippen molar-refractivity contribution in [3.8, 4) is 0 Å². The number of hydrogen-bond donors (Lipinski definition) is 0. The third-order valence-electron chi connectivity index (χ3n) is 5.62. The SMILES string of the molecule is [B]CCCCC(=O)OC1OC[C@@H](OC(=O)CCCC[B])[C@H](OC(=O)CCCC)[C@H]1OC(=O)CCCCBr. The van der Waals surface area contributed by atoms with Crippen molar-refractivity contribution in [2.45, 2.75) is 121 Å². The number of carbonyl (C=O) groups is 4. The fourth-order valence-corrected chi connectivity index (χ4v) is 3.96. The van der Waals surface area contributed by atoms with E-state index in [2.05, 4.69) is 15.9 Å². The zero-order valence-electron chi connectivity index (χ0n) is 21.8. The second kappa shape index (κ2) is 20.4. The van der Waals surface area contributed by atoms with Gasteiger partial charge in [-0.25, -0.2) is 0 Å². The average Bonchev–Trinajstić information content (AvgIpc) is 2.86. The lowest BCUT2D eigenvalue weighted by atomic mass is 9.99. The lowest BCUT2D eigenvalue weighted by Gasteiger charge is -2.40. The number of halogens is 1. The highest BCUT2D eigenvalue weighted by atomic mass is 79.9. The van der Waals surface area contributed by atoms with E-state index in [9.17, 15) is 19.2 Å². The monoisotopic (exact) mass is 584 g/mol. The van der Waals surface area contributed by atoms with Crippen LogP contribution in [0, 0.1) is 0 Å². The van der Waals surface area contributed by atoms with E-state index in [0.717, 1.165) is 18.2 Å². The van der Waals surface area contributed by atoms with E-state index in [-0.39, 0.29) is 32.3 Å². The molecular weight excluding hydrogens is 546 g/mol. The smallest absolute Gasteiger partial charge is 0.308 e. The molecule has 1 rings (SSSR count). The molecule has 0 aromatic carbocycles. The van der Waals surface area contributed by atoms with Crippen LogP contribution in [0.5, 0.6) is 0 Å². The van der Waals surface area contributed by atoms with Crippen LogP contribution in [0.15, 0.2) is 0 Å². The van der Waals surface area contributed by atoms with Gasteiger partial charge in [-0.05, 0) is 32.1 Å². The highest BCUT2D eigenvalue weighted by Crippen LogP contribution is 2.27. The molecule has 0 N–H and O–H groups in total. The van der Waals surface area contributed by atoms with Crippen LogP contribution in [-0.2, 0) is 42.9 Å². The fourth-order valence-electron chi connectivity index (χ4n) is 3.56. The summed E-state index contributed by atoms with van der Waals surface area (Å²) in [7, 11) is 11.0. The Balaban J connectivity index is 3.09. The molecular formula is C25H39B2BrO9. The van der Waals surface area contributed by atoms with Crippen LogP contribution in [0.3, 0.4) is 0 Å². The van der Waals surface area contributed by atoms with Gasteiger partial charge in [-0.15, -0.1) is 0 Å². The lowest BCUT2D eigenvalue weighted by molar-refractivity contribution is -0.275. The van der Waals surface area contributed by atoms with Gasteiger partial charge in [0.05, 0.1) is 22.3 Å². The van der Waals surface area contributed by atoms with Gasteiger partial charge in [-0.1, -0.05) is 54.8 Å². The van der Waals surface area contributed by atoms with Crippen LogP contribution in [0.4, 0.5) is 0 Å². The molecule has 0 spiro atoms. The summed E-state index contributed by atoms with van der Waals surface area (Å²) in [5.41, 5.74) is 0. The zero-order valence-corrected chi connectivity index (χ0v) is 23.4. The summed E-state index contributed by atoms with van der Waals surface area (Å²) in [5, 5.41) is 0.732. The molecule has 1 saturated heterocycles. The molecule has 0 aromatic heterocycles. The van der Waals surface area contributed by atoms with Crippen LogP contribution in [0.1, 0.15) is 84.0 Å². The summed E-state index contributed by atoms with van der Waals surface area (Å²) in [5.74, 6) is -2.18. The van der Waals surface area contributed by atoms with Crippen LogP contribution in [0.25, 0.3) is 0 Å². The van der Waals surface area contributed by atoms with E-state index in [1.54, 1.807) is 0 Å². The first-order chi connectivity index (χ1) is 17.9. The van der Waals surface area contributed by atoms with Gasteiger partial charge in [-0.2, -0.15) is 0 Å². The van der Waals surface area contributed by atoms with Gasteiger partial charge in [0.1, 0.15) is 0 Å². The van der Waals surface area contributed by atoms with E-state index >= 15 is 0 Å². The van der Waals surface area contributed by atoms with Crippen LogP contribution in [0.2, 0.25) is 12.6 Å². The van der Waals surface area contributed by atoms with Crippen molar-refractivity contribution in [3.63, 3.8) is 0 Å². The Morgan fingerprint density at radius 3 is 1.73 bits per heavy atom. The van der Waals surface area contributed by atoms with Crippen molar-refractivity contribution in [2.75, 3.05) is 11.9 Å². The maximum absolute atomic E-state index is 12.6. The predicted molar refractivity (Wildman–Crippen MR) is 141 cm³/mol. The van der Waals surface area contributed by atoms with E-state index in [0.29, 0.717) is 51.2 Å². The van der Waals surface area contributed by atoms with E-state index in [4.69, 9.17) is 39.4 Å². The summed E-state index contributed by atoms with van der Waals surface area (Å²) >= 11 is 3.32. The van der Waals surface area contributed by atoms with Crippen molar-refractivity contribution in [3.05, 3.63) is 0 Å². The molecule has 206 valence electrons. The van der Waals surface area contributed by atoms with Crippen LogP contribution >= 0.6 is 15.9 Å². The number of alkyl halides is 1. The van der Waals surface area contributed by atoms with Gasteiger partial charge in [0.2, 0.25) is 12.4 Å². The number of rotatable bonds is 19. The van der Waals surface area contributed by atoms with Crippen molar-refractivity contribution < 1.29 is 42.9 Å². The molecule has 1 aliphatic rings. The Hall–Kier alpha value is -1.55. The van der Waals surface area contributed by atoms with Gasteiger partial charge >= 0.3 is 23.9 Å². The van der Waals surface area contributed by atoms with Gasteiger partial charge in [0.15, 0.2) is 12.2 Å². The lowest BCUT2D eigenvalue weighted by Crippen LogP contribution is -2.58. The third-order valence-corrected chi connectivity index (χ3v) is 6.18. The number of hydrogen-bond acceptors (Lipinski definition) is 9. The summed E-state index contributed by atoms with van der Waals surface area (Å²) in [6.07, 6.45) is 1.59. The van der Waals surface area contributed by atoms with Gasteiger partial charge in [0, 0.05) is 31.0 Å². The Morgan fingerprint density at radius 2 is 1.19 bits per heavy atom. The van der Waals surface area contributed by atoms with Crippen LogP contribution < -0.4 is 0 Å². The minimum absolute atomic E-state index is 0.101. The van der Waals surface area contributed by atoms with Crippen molar-refractivity contribution in [2.24, 2.45) is 0 Å². The topological polar surface area (TPSA) is 114 Å². The Kier molecular flexibility index (Phi) is 18.5. The molecule has 4 radical (unpaired) electrons. The van der Waals surface area contributed by atoms with Crippen molar-refractivity contribution in [1.29, 1.82) is 0 Å². The largest absolute Gasteiger partial charge is 0.456 e. The Morgan fingerprint density at radius 1 is 0.703 bits per heavy atom. The normalized spacial score (nSPS) is 21.1. The number of esters is 4. The zero-order chi connectivity index (χ0) is 27.5. The first-order valence-corrected chi connectivity index (χ1v) is 14.3. The summed E-state index contributed by atoms with van der Waals surface area (Å²) in [4.78, 5) is 50.0. The molecule has 1 unspecified atom stereocenters. The molecule has 37 heavy (non-hydrogen) atoms. The molecule has 0 amide bonds. The van der Waals surface area contributed by atoms with E-state index in [1.807, 2.05) is 6.92 Å². The van der Waals surface area contributed by atoms with E-state index in [1.165, 1.54) is 0 Å². The second-order valence-corrected chi connectivity index (χ2v) is 9.66. The minimum Gasteiger partial charge on any atom is -0.456 e. The van der Waals surface area contributed by atoms with Gasteiger partial charge in [-0.3, -0.25) is 19.2 Å². The summed E-state index contributed by atoms with van der Waals surface area (Å²) in [6.45, 7) is 1.73. The molecule has 1 aliphatic heterocycles. The van der Waals surface area contributed by atoms with E-state index < -0.39 is 48.5 Å². The number of unbranched alkanes of at least 4 members (excludes halogenated alkanes) is 4. The van der Waals surface area contributed by atoms with Crippen LogP contribution in [-0.4, -0.2) is 76.1 Å². The number of ether oxygens (including phenoxy) is 5. The maximum Gasteiger partial charge on any atom is 0.308 e. The molecule has 1 heterocycles. The predicted octanol–water partition coefficient (Wildman–Crippen LogP) is 3.89. The Labute approximate surface area is 231 Å². The molecule has 1 fully saturated rings. The third kappa shape index (κ3) is 14.3. The second-order valence-electron chi connectivity index (χ2n) is 8.87. The standard InChI is InChI=1S/C25H39B2BrO9/c1-2-3-10-20(30)35-23-18(34-19(29)11-4-7-14-26)17-33-25(37-22(32)12-5-8-15-27)24(23)36-21(31)13-6-9-16-28/h18,23-25H,2-17H2,1H3/t18-,23+,24-,25?/m1/s1. The summed E-state index contributed by atoms with van der Waals surface area (Å²) in [6, 6.07) is 0. The quantitative estimate of drug-likeness (QED) is 0.0733. The number of carbonyl (C=O) groups excluding carboxylic acids is 4. The minimum atomic E-state index is -1.32. The average molecular weight is 585 g/mol. The Bertz CT molecular complexity index is 695. The van der Waals surface area contributed by atoms with Crippen molar-refractivity contribution >= 4 is 55.5 Å².